The van der Waals surface area contributed by atoms with Crippen molar-refractivity contribution in [2.24, 2.45) is 17.6 Å². The van der Waals surface area contributed by atoms with Gasteiger partial charge in [0.1, 0.15) is 0 Å². The summed E-state index contributed by atoms with van der Waals surface area (Å²) in [6, 6.07) is 0.682. The van der Waals surface area contributed by atoms with E-state index < -0.39 is 0 Å². The Morgan fingerprint density at radius 2 is 1.71 bits per heavy atom. The Hall–Kier alpha value is -0.0800. The fourth-order valence-corrected chi connectivity index (χ4v) is 2.35. The molecule has 2 atom stereocenters. The third-order valence-corrected chi connectivity index (χ3v) is 3.72. The molecule has 0 aromatic rings. The number of rotatable bonds is 11. The molecule has 0 saturated carbocycles. The molecule has 0 fully saturated rings. The first-order valence-corrected chi connectivity index (χ1v) is 7.55. The van der Waals surface area contributed by atoms with E-state index in [2.05, 4.69) is 33.0 Å². The van der Waals surface area contributed by atoms with Crippen molar-refractivity contribution in [2.75, 3.05) is 13.1 Å². The maximum absolute atomic E-state index is 5.66. The molecule has 0 radical (unpaired) electrons. The van der Waals surface area contributed by atoms with Crippen LogP contribution in [0, 0.1) is 11.8 Å². The molecule has 0 aliphatic carbocycles. The van der Waals surface area contributed by atoms with Gasteiger partial charge in [0.25, 0.3) is 0 Å². The van der Waals surface area contributed by atoms with Gasteiger partial charge in [0, 0.05) is 6.04 Å². The predicted molar refractivity (Wildman–Crippen MR) is 78.2 cm³/mol. The zero-order chi connectivity index (χ0) is 13.1. The quantitative estimate of drug-likeness (QED) is 0.544. The maximum atomic E-state index is 5.66. The van der Waals surface area contributed by atoms with Crippen molar-refractivity contribution in [1.29, 1.82) is 0 Å². The second kappa shape index (κ2) is 11.0. The SMILES string of the molecule is CCCCC(C)NCCCC(CCN)C(C)C. The minimum absolute atomic E-state index is 0.682. The number of nitrogens with two attached hydrogens (primary N) is 1. The number of nitrogens with one attached hydrogen (secondary N) is 1. The summed E-state index contributed by atoms with van der Waals surface area (Å²) in [5.41, 5.74) is 5.66. The van der Waals surface area contributed by atoms with Gasteiger partial charge in [-0.3, -0.25) is 0 Å². The highest BCUT2D eigenvalue weighted by molar-refractivity contribution is 4.66. The van der Waals surface area contributed by atoms with E-state index in [9.17, 15) is 0 Å². The molecule has 0 aliphatic rings. The highest BCUT2D eigenvalue weighted by Crippen LogP contribution is 2.19. The Labute approximate surface area is 109 Å². The Bertz CT molecular complexity index is 157. The molecule has 3 N–H and O–H groups in total. The minimum atomic E-state index is 0.682. The van der Waals surface area contributed by atoms with Gasteiger partial charge in [0.05, 0.1) is 0 Å². The zero-order valence-corrected chi connectivity index (χ0v) is 12.5. The van der Waals surface area contributed by atoms with Crippen molar-refractivity contribution in [3.63, 3.8) is 0 Å². The van der Waals surface area contributed by atoms with Crippen LogP contribution in [0.3, 0.4) is 0 Å². The summed E-state index contributed by atoms with van der Waals surface area (Å²) in [4.78, 5) is 0. The molecule has 0 aliphatic heterocycles. The summed E-state index contributed by atoms with van der Waals surface area (Å²) >= 11 is 0. The molecule has 0 saturated heterocycles. The average molecular weight is 242 g/mol. The monoisotopic (exact) mass is 242 g/mol. The van der Waals surface area contributed by atoms with Gasteiger partial charge >= 0.3 is 0 Å². The van der Waals surface area contributed by atoms with Gasteiger partial charge in [0.15, 0.2) is 0 Å². The molecule has 2 heteroatoms. The molecule has 2 unspecified atom stereocenters. The molecular formula is C15H34N2. The van der Waals surface area contributed by atoms with E-state index in [-0.39, 0.29) is 0 Å². The lowest BCUT2D eigenvalue weighted by molar-refractivity contribution is 0.327. The lowest BCUT2D eigenvalue weighted by Crippen LogP contribution is -2.27. The molecule has 0 aromatic heterocycles. The van der Waals surface area contributed by atoms with Crippen molar-refractivity contribution in [2.45, 2.75) is 72.3 Å². The van der Waals surface area contributed by atoms with Crippen LogP contribution in [0.15, 0.2) is 0 Å². The molecule has 0 spiro atoms. The fraction of sp³-hybridized carbons (Fsp3) is 1.00. The van der Waals surface area contributed by atoms with Gasteiger partial charge in [-0.05, 0) is 57.5 Å². The van der Waals surface area contributed by atoms with Crippen molar-refractivity contribution in [3.05, 3.63) is 0 Å². The second-order valence-corrected chi connectivity index (χ2v) is 5.72. The zero-order valence-electron chi connectivity index (χ0n) is 12.5. The maximum Gasteiger partial charge on any atom is 0.00387 e. The van der Waals surface area contributed by atoms with Crippen molar-refractivity contribution in [3.8, 4) is 0 Å². The molecule has 0 rings (SSSR count). The molecule has 0 heterocycles. The van der Waals surface area contributed by atoms with Crippen LogP contribution in [0.2, 0.25) is 0 Å². The third-order valence-electron chi connectivity index (χ3n) is 3.72. The summed E-state index contributed by atoms with van der Waals surface area (Å²) < 4.78 is 0. The van der Waals surface area contributed by atoms with E-state index in [1.165, 1.54) is 45.1 Å². The Morgan fingerprint density at radius 1 is 1.00 bits per heavy atom. The number of hydrogen-bond donors (Lipinski definition) is 2. The van der Waals surface area contributed by atoms with Gasteiger partial charge in [-0.1, -0.05) is 33.6 Å². The minimum Gasteiger partial charge on any atom is -0.330 e. The van der Waals surface area contributed by atoms with E-state index in [4.69, 9.17) is 5.73 Å². The summed E-state index contributed by atoms with van der Waals surface area (Å²) in [6.45, 7) is 11.2. The third kappa shape index (κ3) is 9.61. The fourth-order valence-electron chi connectivity index (χ4n) is 2.35. The van der Waals surface area contributed by atoms with Crippen LogP contribution < -0.4 is 11.1 Å². The predicted octanol–water partition coefficient (Wildman–Crippen LogP) is 3.56. The molecule has 0 bridgehead atoms. The van der Waals surface area contributed by atoms with Gasteiger partial charge in [-0.15, -0.1) is 0 Å². The number of hydrogen-bond acceptors (Lipinski definition) is 2. The summed E-state index contributed by atoms with van der Waals surface area (Å²) in [5.74, 6) is 1.59. The first-order chi connectivity index (χ1) is 8.11. The van der Waals surface area contributed by atoms with Crippen LogP contribution >= 0.6 is 0 Å². The largest absolute Gasteiger partial charge is 0.330 e. The van der Waals surface area contributed by atoms with Gasteiger partial charge in [0.2, 0.25) is 0 Å². The number of unbranched alkanes of at least 4 members (excludes halogenated alkanes) is 1. The molecule has 104 valence electrons. The van der Waals surface area contributed by atoms with Crippen molar-refractivity contribution >= 4 is 0 Å². The van der Waals surface area contributed by atoms with Crippen LogP contribution in [0.1, 0.15) is 66.2 Å². The topological polar surface area (TPSA) is 38.0 Å². The van der Waals surface area contributed by atoms with Crippen LogP contribution in [0.4, 0.5) is 0 Å². The van der Waals surface area contributed by atoms with E-state index in [0.29, 0.717) is 6.04 Å². The molecule has 17 heavy (non-hydrogen) atoms. The second-order valence-electron chi connectivity index (χ2n) is 5.72. The van der Waals surface area contributed by atoms with Crippen LogP contribution in [-0.4, -0.2) is 19.1 Å². The normalized spacial score (nSPS) is 15.2. The highest BCUT2D eigenvalue weighted by Gasteiger charge is 2.11. The summed E-state index contributed by atoms with van der Waals surface area (Å²) in [5, 5.41) is 3.62. The van der Waals surface area contributed by atoms with Crippen molar-refractivity contribution < 1.29 is 0 Å². The summed E-state index contributed by atoms with van der Waals surface area (Å²) in [7, 11) is 0. The molecule has 0 aromatic carbocycles. The standard InChI is InChI=1S/C15H34N2/c1-5-6-8-14(4)17-12-7-9-15(10-11-16)13(2)3/h13-15,17H,5-12,16H2,1-4H3. The highest BCUT2D eigenvalue weighted by atomic mass is 14.9. The van der Waals surface area contributed by atoms with Crippen LogP contribution in [0.5, 0.6) is 0 Å². The first-order valence-electron chi connectivity index (χ1n) is 7.55. The average Bonchev–Trinajstić information content (AvgIpc) is 2.30. The van der Waals surface area contributed by atoms with E-state index in [1.54, 1.807) is 0 Å². The van der Waals surface area contributed by atoms with Gasteiger partial charge < -0.3 is 11.1 Å². The van der Waals surface area contributed by atoms with Gasteiger partial charge in [-0.2, -0.15) is 0 Å². The Kier molecular flexibility index (Phi) is 11.0. The smallest absolute Gasteiger partial charge is 0.00387 e. The lowest BCUT2D eigenvalue weighted by Gasteiger charge is -2.20. The summed E-state index contributed by atoms with van der Waals surface area (Å²) in [6.07, 6.45) is 7.76. The molecule has 0 amide bonds. The van der Waals surface area contributed by atoms with E-state index in [0.717, 1.165) is 18.4 Å². The van der Waals surface area contributed by atoms with E-state index in [1.807, 2.05) is 0 Å². The molecular weight excluding hydrogens is 208 g/mol. The van der Waals surface area contributed by atoms with E-state index >= 15 is 0 Å². The Balaban J connectivity index is 3.53. The Morgan fingerprint density at radius 3 is 2.24 bits per heavy atom. The first kappa shape index (κ1) is 16.9. The van der Waals surface area contributed by atoms with Crippen LogP contribution in [0.25, 0.3) is 0 Å². The lowest BCUT2D eigenvalue weighted by atomic mass is 9.88. The van der Waals surface area contributed by atoms with Crippen molar-refractivity contribution in [1.82, 2.24) is 5.32 Å². The van der Waals surface area contributed by atoms with Gasteiger partial charge in [-0.25, -0.2) is 0 Å². The van der Waals surface area contributed by atoms with Crippen LogP contribution in [-0.2, 0) is 0 Å². The molecule has 2 nitrogen and oxygen atoms in total.